The van der Waals surface area contributed by atoms with Crippen LogP contribution in [-0.4, -0.2) is 4.98 Å². The molecule has 1 aliphatic rings. The number of fused-ring (bicyclic) bond motifs is 1. The van der Waals surface area contributed by atoms with Crippen molar-refractivity contribution >= 4 is 22.9 Å². The van der Waals surface area contributed by atoms with Gasteiger partial charge >= 0.3 is 0 Å². The van der Waals surface area contributed by atoms with Crippen molar-refractivity contribution in [2.75, 3.05) is 0 Å². The van der Waals surface area contributed by atoms with E-state index in [-0.39, 0.29) is 0 Å². The van der Waals surface area contributed by atoms with Gasteiger partial charge in [0.1, 0.15) is 0 Å². The molecule has 88 valence electrons. The first-order valence-electron chi connectivity index (χ1n) is 5.74. The van der Waals surface area contributed by atoms with Crippen molar-refractivity contribution in [2.24, 2.45) is 0 Å². The zero-order valence-electron chi connectivity index (χ0n) is 9.32. The highest BCUT2D eigenvalue weighted by molar-refractivity contribution is 7.16. The minimum absolute atomic E-state index is 0.395. The topological polar surface area (TPSA) is 24.9 Å². The van der Waals surface area contributed by atoms with Crippen LogP contribution in [0.4, 0.5) is 0 Å². The fraction of sp³-hybridized carbons (Fsp3) is 0.308. The fourth-order valence-electron chi connectivity index (χ4n) is 2.28. The Morgan fingerprint density at radius 2 is 2.35 bits per heavy atom. The molecule has 2 aromatic rings. The molecule has 1 atom stereocenters. The van der Waals surface area contributed by atoms with Gasteiger partial charge < -0.3 is 5.32 Å². The summed E-state index contributed by atoms with van der Waals surface area (Å²) in [4.78, 5) is 5.75. The third-order valence-electron chi connectivity index (χ3n) is 3.11. The summed E-state index contributed by atoms with van der Waals surface area (Å²) in [6.45, 7) is 0.873. The minimum atomic E-state index is 0.395. The van der Waals surface area contributed by atoms with E-state index in [2.05, 4.69) is 22.4 Å². The van der Waals surface area contributed by atoms with Crippen LogP contribution in [0.1, 0.15) is 28.6 Å². The van der Waals surface area contributed by atoms with E-state index in [4.69, 9.17) is 11.6 Å². The molecule has 1 unspecified atom stereocenters. The van der Waals surface area contributed by atoms with Gasteiger partial charge in [0.25, 0.3) is 0 Å². The fourth-order valence-corrected chi connectivity index (χ4v) is 3.32. The van der Waals surface area contributed by atoms with Gasteiger partial charge in [0.15, 0.2) is 0 Å². The Hall–Kier alpha value is -0.900. The Morgan fingerprint density at radius 1 is 1.41 bits per heavy atom. The minimum Gasteiger partial charge on any atom is -0.304 e. The van der Waals surface area contributed by atoms with Gasteiger partial charge in [0.2, 0.25) is 0 Å². The maximum Gasteiger partial charge on any atom is 0.0931 e. The summed E-state index contributed by atoms with van der Waals surface area (Å²) in [5.41, 5.74) is 2.60. The molecule has 4 heteroatoms. The summed E-state index contributed by atoms with van der Waals surface area (Å²) in [5, 5.41) is 3.56. The van der Waals surface area contributed by atoms with E-state index >= 15 is 0 Å². The van der Waals surface area contributed by atoms with Crippen LogP contribution < -0.4 is 5.32 Å². The third kappa shape index (κ3) is 2.37. The Labute approximate surface area is 110 Å². The molecular weight excluding hydrogens is 252 g/mol. The van der Waals surface area contributed by atoms with E-state index in [1.54, 1.807) is 11.3 Å². The molecule has 0 spiro atoms. The van der Waals surface area contributed by atoms with Gasteiger partial charge in [-0.2, -0.15) is 0 Å². The number of hydrogen-bond donors (Lipinski definition) is 1. The molecule has 17 heavy (non-hydrogen) atoms. The first-order chi connectivity index (χ1) is 8.33. The molecule has 2 heterocycles. The molecule has 0 aromatic carbocycles. The molecule has 0 saturated carbocycles. The summed E-state index contributed by atoms with van der Waals surface area (Å²) in [5.74, 6) is 0. The lowest BCUT2D eigenvalue weighted by molar-refractivity contribution is 0.524. The van der Waals surface area contributed by atoms with Crippen LogP contribution in [0, 0.1) is 0 Å². The predicted molar refractivity (Wildman–Crippen MR) is 71.5 cm³/mol. The van der Waals surface area contributed by atoms with Gasteiger partial charge in [0, 0.05) is 17.6 Å². The second kappa shape index (κ2) is 4.77. The van der Waals surface area contributed by atoms with Gasteiger partial charge in [-0.3, -0.25) is 4.98 Å². The van der Waals surface area contributed by atoms with E-state index in [0.717, 1.165) is 23.7 Å². The van der Waals surface area contributed by atoms with Crippen LogP contribution in [0.5, 0.6) is 0 Å². The van der Waals surface area contributed by atoms with Crippen molar-refractivity contribution in [3.8, 4) is 0 Å². The average Bonchev–Trinajstić information content (AvgIpc) is 2.93. The van der Waals surface area contributed by atoms with Gasteiger partial charge in [-0.15, -0.1) is 11.3 Å². The molecule has 1 aliphatic carbocycles. The van der Waals surface area contributed by atoms with Crippen LogP contribution in [0.2, 0.25) is 4.34 Å². The molecular formula is C13H13ClN2S. The highest BCUT2D eigenvalue weighted by atomic mass is 35.5. The van der Waals surface area contributed by atoms with E-state index in [9.17, 15) is 0 Å². The van der Waals surface area contributed by atoms with E-state index < -0.39 is 0 Å². The molecule has 2 nitrogen and oxygen atoms in total. The number of nitrogens with one attached hydrogen (secondary N) is 1. The van der Waals surface area contributed by atoms with Crippen molar-refractivity contribution in [2.45, 2.75) is 25.4 Å². The van der Waals surface area contributed by atoms with Crippen LogP contribution >= 0.6 is 22.9 Å². The Morgan fingerprint density at radius 3 is 3.18 bits per heavy atom. The van der Waals surface area contributed by atoms with Crippen LogP contribution in [-0.2, 0) is 13.0 Å². The van der Waals surface area contributed by atoms with Gasteiger partial charge in [-0.25, -0.2) is 0 Å². The van der Waals surface area contributed by atoms with Gasteiger partial charge in [-0.1, -0.05) is 17.7 Å². The van der Waals surface area contributed by atoms with Crippen molar-refractivity contribution in [3.63, 3.8) is 0 Å². The highest BCUT2D eigenvalue weighted by Crippen LogP contribution is 2.29. The number of aryl methyl sites for hydroxylation is 1. The zero-order chi connectivity index (χ0) is 11.7. The number of rotatable bonds is 3. The van der Waals surface area contributed by atoms with Gasteiger partial charge in [0.05, 0.1) is 16.1 Å². The summed E-state index contributed by atoms with van der Waals surface area (Å²) in [6.07, 6.45) is 4.15. The monoisotopic (exact) mass is 264 g/mol. The maximum absolute atomic E-state index is 5.92. The Kier molecular flexibility index (Phi) is 3.14. The first-order valence-corrected chi connectivity index (χ1v) is 6.94. The molecule has 0 amide bonds. The lowest BCUT2D eigenvalue weighted by Gasteiger charge is -2.11. The molecule has 0 fully saturated rings. The molecule has 0 saturated heterocycles. The van der Waals surface area contributed by atoms with Crippen molar-refractivity contribution in [3.05, 3.63) is 50.9 Å². The summed E-state index contributed by atoms with van der Waals surface area (Å²) in [6, 6.07) is 8.61. The second-order valence-electron chi connectivity index (χ2n) is 4.23. The van der Waals surface area contributed by atoms with Gasteiger partial charge in [-0.05, 0) is 36.6 Å². The van der Waals surface area contributed by atoms with Crippen LogP contribution in [0.3, 0.4) is 0 Å². The largest absolute Gasteiger partial charge is 0.304 e. The first kappa shape index (κ1) is 11.2. The molecule has 0 bridgehead atoms. The Balaban J connectivity index is 1.68. The maximum atomic E-state index is 5.92. The second-order valence-corrected chi connectivity index (χ2v) is 6.03. The number of aromatic nitrogens is 1. The normalized spacial score (nSPS) is 18.3. The molecule has 1 N–H and O–H groups in total. The Bertz CT molecular complexity index is 524. The lowest BCUT2D eigenvalue weighted by atomic mass is 10.2. The molecule has 0 radical (unpaired) electrons. The highest BCUT2D eigenvalue weighted by Gasteiger charge is 2.22. The molecule has 2 aromatic heterocycles. The summed E-state index contributed by atoms with van der Waals surface area (Å²) >= 11 is 7.55. The van der Waals surface area contributed by atoms with Crippen LogP contribution in [0.25, 0.3) is 0 Å². The van der Waals surface area contributed by atoms with Crippen molar-refractivity contribution in [1.82, 2.24) is 10.3 Å². The number of pyridine rings is 1. The van der Waals surface area contributed by atoms with Crippen LogP contribution in [0.15, 0.2) is 30.5 Å². The third-order valence-corrected chi connectivity index (χ3v) is 4.34. The SMILES string of the molecule is Clc1ccc(CNC2CCc3cccnc32)s1. The lowest BCUT2D eigenvalue weighted by Crippen LogP contribution is -2.18. The molecule has 0 aliphatic heterocycles. The standard InChI is InChI=1S/C13H13ClN2S/c14-12-6-4-10(17-12)8-16-11-5-3-9-2-1-7-15-13(9)11/h1-2,4,6-7,11,16H,3,5,8H2. The number of halogens is 1. The zero-order valence-corrected chi connectivity index (χ0v) is 10.9. The van der Waals surface area contributed by atoms with Crippen molar-refractivity contribution < 1.29 is 0 Å². The summed E-state index contributed by atoms with van der Waals surface area (Å²) < 4.78 is 0.853. The molecule has 3 rings (SSSR count). The van der Waals surface area contributed by atoms with E-state index in [1.165, 1.54) is 16.1 Å². The van der Waals surface area contributed by atoms with Crippen molar-refractivity contribution in [1.29, 1.82) is 0 Å². The van der Waals surface area contributed by atoms with E-state index in [0.29, 0.717) is 6.04 Å². The smallest absolute Gasteiger partial charge is 0.0931 e. The predicted octanol–water partition coefficient (Wildman–Crippen LogP) is 3.57. The average molecular weight is 265 g/mol. The number of nitrogens with zero attached hydrogens (tertiary/aromatic N) is 1. The summed E-state index contributed by atoms with van der Waals surface area (Å²) in [7, 11) is 0. The quantitative estimate of drug-likeness (QED) is 0.917. The number of hydrogen-bond acceptors (Lipinski definition) is 3. The van der Waals surface area contributed by atoms with E-state index in [1.807, 2.05) is 18.3 Å². The number of thiophene rings is 1.